The molecule has 1 N–H and O–H groups in total. The number of nitrogens with one attached hydrogen (secondary N) is 1. The van der Waals surface area contributed by atoms with E-state index in [1.165, 1.54) is 41.0 Å². The molecule has 1 aromatic heterocycles. The third-order valence-electron chi connectivity index (χ3n) is 4.25. The van der Waals surface area contributed by atoms with Gasteiger partial charge in [0.2, 0.25) is 5.91 Å². The molecule has 2 aliphatic heterocycles. The number of hydrogen-bond donors (Lipinski definition) is 1. The van der Waals surface area contributed by atoms with Gasteiger partial charge in [-0.25, -0.2) is 4.79 Å². The summed E-state index contributed by atoms with van der Waals surface area (Å²) < 4.78 is 10.1. The average molecular weight is 437 g/mol. The summed E-state index contributed by atoms with van der Waals surface area (Å²) in [4.78, 5) is 50.9. The molecule has 0 saturated carbocycles. The fraction of sp³-hybridized carbons (Fsp3) is 0.368. The van der Waals surface area contributed by atoms with E-state index in [-0.39, 0.29) is 31.2 Å². The van der Waals surface area contributed by atoms with E-state index in [1.807, 2.05) is 17.5 Å². The Balaban J connectivity index is 1.73. The van der Waals surface area contributed by atoms with Crippen molar-refractivity contribution < 1.29 is 28.7 Å². The summed E-state index contributed by atoms with van der Waals surface area (Å²) in [6.45, 7) is 4.65. The van der Waals surface area contributed by atoms with Crippen LogP contribution in [-0.4, -0.2) is 59.0 Å². The minimum atomic E-state index is -0.718. The van der Waals surface area contributed by atoms with E-state index in [0.29, 0.717) is 11.3 Å². The highest BCUT2D eigenvalue weighted by Crippen LogP contribution is 2.40. The molecule has 3 rings (SSSR count). The summed E-state index contributed by atoms with van der Waals surface area (Å²) >= 11 is 2.86. The molecule has 2 amide bonds. The molecule has 2 aliphatic rings. The molecule has 0 unspecified atom stereocenters. The number of amides is 2. The molecule has 0 bridgehead atoms. The number of β-lactam (4-membered cyclic amide) rings is 1. The fourth-order valence-electron chi connectivity index (χ4n) is 2.97. The second-order valence-corrected chi connectivity index (χ2v) is 8.47. The van der Waals surface area contributed by atoms with Gasteiger partial charge in [0.1, 0.15) is 30.3 Å². The number of thioether (sulfide) groups is 1. The summed E-state index contributed by atoms with van der Waals surface area (Å²) in [6.07, 6.45) is 1.62. The molecule has 0 aromatic carbocycles. The molecule has 1 aromatic rings. The van der Waals surface area contributed by atoms with Gasteiger partial charge in [-0.15, -0.1) is 23.1 Å². The van der Waals surface area contributed by atoms with E-state index >= 15 is 0 Å². The SMILES string of the molecule is C=CCOC(=O)C1=C(COC(C)=O)CS[C@@H]2[C@H](NC(=O)Cc3cccs3)C(=O)N12. The zero-order valence-corrected chi connectivity index (χ0v) is 17.3. The van der Waals surface area contributed by atoms with Crippen molar-refractivity contribution >= 4 is 46.9 Å². The number of carbonyl (C=O) groups is 4. The maximum Gasteiger partial charge on any atom is 0.355 e. The maximum absolute atomic E-state index is 12.7. The van der Waals surface area contributed by atoms with Crippen LogP contribution >= 0.6 is 23.1 Å². The van der Waals surface area contributed by atoms with Crippen molar-refractivity contribution in [2.24, 2.45) is 0 Å². The van der Waals surface area contributed by atoms with Crippen LogP contribution < -0.4 is 5.32 Å². The monoisotopic (exact) mass is 436 g/mol. The van der Waals surface area contributed by atoms with Crippen molar-refractivity contribution in [1.82, 2.24) is 10.2 Å². The topological polar surface area (TPSA) is 102 Å². The Morgan fingerprint density at radius 1 is 1.38 bits per heavy atom. The van der Waals surface area contributed by atoms with E-state index in [0.717, 1.165) is 4.88 Å². The van der Waals surface area contributed by atoms with Crippen LogP contribution in [0.2, 0.25) is 0 Å². The molecule has 10 heteroatoms. The van der Waals surface area contributed by atoms with Crippen molar-refractivity contribution in [3.05, 3.63) is 46.3 Å². The quantitative estimate of drug-likeness (QED) is 0.372. The molecule has 1 fully saturated rings. The summed E-state index contributed by atoms with van der Waals surface area (Å²) in [6, 6.07) is 2.99. The van der Waals surface area contributed by atoms with Crippen LogP contribution in [0.3, 0.4) is 0 Å². The first-order valence-corrected chi connectivity index (χ1v) is 10.7. The summed E-state index contributed by atoms with van der Waals surface area (Å²) in [5, 5.41) is 4.22. The Morgan fingerprint density at radius 3 is 2.83 bits per heavy atom. The molecule has 154 valence electrons. The first-order chi connectivity index (χ1) is 13.9. The highest BCUT2D eigenvalue weighted by molar-refractivity contribution is 8.00. The highest BCUT2D eigenvalue weighted by Gasteiger charge is 2.54. The van der Waals surface area contributed by atoms with Gasteiger partial charge in [-0.3, -0.25) is 19.3 Å². The van der Waals surface area contributed by atoms with Crippen LogP contribution in [0.25, 0.3) is 0 Å². The largest absolute Gasteiger partial charge is 0.461 e. The maximum atomic E-state index is 12.7. The van der Waals surface area contributed by atoms with Crippen molar-refractivity contribution in [2.45, 2.75) is 24.8 Å². The number of nitrogens with zero attached hydrogens (tertiary/aromatic N) is 1. The van der Waals surface area contributed by atoms with Crippen molar-refractivity contribution in [3.8, 4) is 0 Å². The Labute approximate surface area is 175 Å². The third kappa shape index (κ3) is 4.70. The highest BCUT2D eigenvalue weighted by atomic mass is 32.2. The van der Waals surface area contributed by atoms with Crippen LogP contribution in [0.15, 0.2) is 41.4 Å². The smallest absolute Gasteiger partial charge is 0.355 e. The lowest BCUT2D eigenvalue weighted by Crippen LogP contribution is -2.70. The third-order valence-corrected chi connectivity index (χ3v) is 6.47. The minimum Gasteiger partial charge on any atom is -0.461 e. The molecule has 0 spiro atoms. The van der Waals surface area contributed by atoms with Gasteiger partial charge in [0.05, 0.1) is 6.42 Å². The van der Waals surface area contributed by atoms with Crippen LogP contribution in [0.5, 0.6) is 0 Å². The van der Waals surface area contributed by atoms with Gasteiger partial charge in [-0.2, -0.15) is 0 Å². The van der Waals surface area contributed by atoms with Crippen LogP contribution in [0, 0.1) is 0 Å². The van der Waals surface area contributed by atoms with Crippen LogP contribution in [0.1, 0.15) is 11.8 Å². The molecule has 29 heavy (non-hydrogen) atoms. The molecule has 0 radical (unpaired) electrons. The molecule has 2 atom stereocenters. The number of fused-ring (bicyclic) bond motifs is 1. The average Bonchev–Trinajstić information content (AvgIpc) is 3.20. The van der Waals surface area contributed by atoms with Crippen molar-refractivity contribution in [2.75, 3.05) is 19.0 Å². The van der Waals surface area contributed by atoms with Crippen LogP contribution in [0.4, 0.5) is 0 Å². The summed E-state index contributed by atoms with van der Waals surface area (Å²) in [7, 11) is 0. The van der Waals surface area contributed by atoms with Gasteiger partial charge in [-0.05, 0) is 11.4 Å². The lowest BCUT2D eigenvalue weighted by molar-refractivity contribution is -0.152. The molecule has 3 heterocycles. The van der Waals surface area contributed by atoms with Crippen molar-refractivity contribution in [3.63, 3.8) is 0 Å². The number of hydrogen-bond acceptors (Lipinski definition) is 8. The standard InChI is InChI=1S/C19H20N2O6S2/c1-3-6-26-19(25)16-12(9-27-11(2)22)10-29-18-15(17(24)21(16)18)20-14(23)8-13-5-4-7-28-13/h3-5,7,15,18H,1,6,8-10H2,2H3,(H,20,23)/t15-,18-/m1/s1. The lowest BCUT2D eigenvalue weighted by atomic mass is 10.0. The van der Waals surface area contributed by atoms with E-state index in [1.54, 1.807) is 0 Å². The number of thiophene rings is 1. The second kappa shape index (κ2) is 9.27. The van der Waals surface area contributed by atoms with Crippen LogP contribution in [-0.2, 0) is 35.1 Å². The first kappa shape index (κ1) is 21.1. The van der Waals surface area contributed by atoms with E-state index < -0.39 is 29.3 Å². The Bertz CT molecular complexity index is 864. The number of carbonyl (C=O) groups excluding carboxylic acids is 4. The van der Waals surface area contributed by atoms with Crippen molar-refractivity contribution in [1.29, 1.82) is 0 Å². The van der Waals surface area contributed by atoms with Gasteiger partial charge in [0, 0.05) is 23.1 Å². The Morgan fingerprint density at radius 2 is 2.17 bits per heavy atom. The predicted octanol–water partition coefficient (Wildman–Crippen LogP) is 1.24. The number of ether oxygens (including phenoxy) is 2. The first-order valence-electron chi connectivity index (χ1n) is 8.82. The summed E-state index contributed by atoms with van der Waals surface area (Å²) in [5.74, 6) is -1.45. The molecule has 8 nitrogen and oxygen atoms in total. The van der Waals surface area contributed by atoms with Gasteiger partial charge in [-0.1, -0.05) is 18.7 Å². The minimum absolute atomic E-state index is 0.00992. The zero-order valence-electron chi connectivity index (χ0n) is 15.7. The van der Waals surface area contributed by atoms with E-state index in [2.05, 4.69) is 11.9 Å². The summed E-state index contributed by atoms with van der Waals surface area (Å²) in [5.41, 5.74) is 0.567. The fourth-order valence-corrected chi connectivity index (χ4v) is 5.00. The Kier molecular flexibility index (Phi) is 6.75. The molecular weight excluding hydrogens is 416 g/mol. The Hall–Kier alpha value is -2.59. The van der Waals surface area contributed by atoms with Gasteiger partial charge in [0.25, 0.3) is 5.91 Å². The number of esters is 2. The molecule has 0 aliphatic carbocycles. The van der Waals surface area contributed by atoms with Gasteiger partial charge >= 0.3 is 11.9 Å². The normalized spacial score (nSPS) is 20.4. The lowest BCUT2D eigenvalue weighted by Gasteiger charge is -2.49. The zero-order chi connectivity index (χ0) is 21.0. The predicted molar refractivity (Wildman–Crippen MR) is 108 cm³/mol. The van der Waals surface area contributed by atoms with Gasteiger partial charge < -0.3 is 14.8 Å². The van der Waals surface area contributed by atoms with Gasteiger partial charge in [0.15, 0.2) is 0 Å². The number of rotatable bonds is 8. The second-order valence-electron chi connectivity index (χ2n) is 6.33. The van der Waals surface area contributed by atoms with E-state index in [9.17, 15) is 19.2 Å². The molecular formula is C19H20N2O6S2. The molecule has 1 saturated heterocycles. The van der Waals surface area contributed by atoms with E-state index in [4.69, 9.17) is 9.47 Å².